The van der Waals surface area contributed by atoms with E-state index in [1.807, 2.05) is 50.4 Å². The van der Waals surface area contributed by atoms with Gasteiger partial charge in [0.2, 0.25) is 5.69 Å². The Kier molecular flexibility index (Phi) is 5.11. The van der Waals surface area contributed by atoms with Crippen molar-refractivity contribution >= 4 is 54.5 Å². The number of furan rings is 1. The zero-order chi connectivity index (χ0) is 28.7. The van der Waals surface area contributed by atoms with Crippen molar-refractivity contribution in [2.45, 2.75) is 13.1 Å². The molecule has 3 aromatic heterocycles. The number of nitrogens with zero attached hydrogens (tertiary/aromatic N) is 2. The minimum Gasteiger partial charge on any atom is -0.454 e. The van der Waals surface area contributed by atoms with Crippen molar-refractivity contribution in [3.63, 3.8) is 0 Å². The van der Waals surface area contributed by atoms with Crippen LogP contribution in [0.25, 0.3) is 71.5 Å². The zero-order valence-corrected chi connectivity index (χ0v) is 22.8. The summed E-state index contributed by atoms with van der Waals surface area (Å²) in [5.41, 5.74) is 6.54. The molecule has 0 saturated carbocycles. The Morgan fingerprint density at radius 3 is 2.19 bits per heavy atom. The summed E-state index contributed by atoms with van der Waals surface area (Å²) in [4.78, 5) is 0. The topological polar surface area (TPSA) is 21.9 Å². The SMILES string of the molecule is Cc1ccc2c(oc3c4cc(C(F)(F)F)ccc4ccc23)c1-c1cc2c(c[n+]1C)c1ccccc1n2-c1ccccc1. The summed E-state index contributed by atoms with van der Waals surface area (Å²) in [6.07, 6.45) is -2.29. The standard InChI is InChI=1S/C36H24F3N2O/c1-21-12-16-27-26-17-14-22-13-15-23(36(37,38)39)18-28(22)34(26)42-35(27)33(21)32-19-31-29(20-40(32)2)25-10-6-7-11-30(25)41(31)24-8-4-3-5-9-24/h3-20H,1-2H3/q+1. The lowest BCUT2D eigenvalue weighted by Crippen LogP contribution is -2.30. The predicted molar refractivity (Wildman–Crippen MR) is 162 cm³/mol. The number of pyridine rings is 1. The first kappa shape index (κ1) is 24.7. The van der Waals surface area contributed by atoms with Crippen LogP contribution in [0.5, 0.6) is 0 Å². The van der Waals surface area contributed by atoms with Crippen LogP contribution in [0, 0.1) is 6.92 Å². The summed E-state index contributed by atoms with van der Waals surface area (Å²) < 4.78 is 51.8. The maximum atomic E-state index is 13.6. The monoisotopic (exact) mass is 557 g/mol. The van der Waals surface area contributed by atoms with Crippen molar-refractivity contribution in [3.8, 4) is 16.9 Å². The van der Waals surface area contributed by atoms with Gasteiger partial charge in [-0.2, -0.15) is 13.2 Å². The Balaban J connectivity index is 1.46. The van der Waals surface area contributed by atoms with E-state index in [4.69, 9.17) is 4.42 Å². The molecule has 0 fully saturated rings. The minimum absolute atomic E-state index is 0.450. The number of rotatable bonds is 2. The highest BCUT2D eigenvalue weighted by Crippen LogP contribution is 2.42. The van der Waals surface area contributed by atoms with Gasteiger partial charge in [0.1, 0.15) is 18.2 Å². The van der Waals surface area contributed by atoms with E-state index in [2.05, 4.69) is 63.9 Å². The molecule has 0 spiro atoms. The van der Waals surface area contributed by atoms with Crippen LogP contribution >= 0.6 is 0 Å². The first-order valence-corrected chi connectivity index (χ1v) is 13.7. The third kappa shape index (κ3) is 3.51. The van der Waals surface area contributed by atoms with Crippen LogP contribution in [0.2, 0.25) is 0 Å². The second-order valence-electron chi connectivity index (χ2n) is 10.9. The van der Waals surface area contributed by atoms with Crippen molar-refractivity contribution in [1.82, 2.24) is 4.57 Å². The highest BCUT2D eigenvalue weighted by Gasteiger charge is 2.31. The molecule has 0 saturated heterocycles. The maximum Gasteiger partial charge on any atom is 0.416 e. The van der Waals surface area contributed by atoms with Crippen molar-refractivity contribution in [2.75, 3.05) is 0 Å². The van der Waals surface area contributed by atoms with Gasteiger partial charge in [-0.25, -0.2) is 4.57 Å². The van der Waals surface area contributed by atoms with E-state index >= 15 is 0 Å². The van der Waals surface area contributed by atoms with Crippen LogP contribution in [0.3, 0.4) is 0 Å². The molecule has 0 unspecified atom stereocenters. The lowest BCUT2D eigenvalue weighted by atomic mass is 9.99. The molecule has 42 heavy (non-hydrogen) atoms. The first-order chi connectivity index (χ1) is 20.3. The Morgan fingerprint density at radius 2 is 1.38 bits per heavy atom. The van der Waals surface area contributed by atoms with Gasteiger partial charge in [-0.15, -0.1) is 0 Å². The average Bonchev–Trinajstić information content (AvgIpc) is 3.52. The van der Waals surface area contributed by atoms with Crippen LogP contribution in [-0.2, 0) is 13.2 Å². The van der Waals surface area contributed by atoms with E-state index in [-0.39, 0.29) is 0 Å². The average molecular weight is 558 g/mol. The molecule has 8 aromatic rings. The summed E-state index contributed by atoms with van der Waals surface area (Å²) in [5, 5.41) is 5.09. The smallest absolute Gasteiger partial charge is 0.416 e. The second-order valence-corrected chi connectivity index (χ2v) is 10.9. The highest BCUT2D eigenvalue weighted by atomic mass is 19.4. The molecule has 5 aromatic carbocycles. The van der Waals surface area contributed by atoms with Crippen LogP contribution in [0.1, 0.15) is 11.1 Å². The molecule has 204 valence electrons. The summed E-state index contributed by atoms with van der Waals surface area (Å²) in [6, 6.07) is 32.5. The van der Waals surface area contributed by atoms with Gasteiger partial charge in [0.15, 0.2) is 6.20 Å². The number of hydrogen-bond donors (Lipinski definition) is 0. The molecule has 0 aliphatic heterocycles. The molecule has 0 aliphatic carbocycles. The second kappa shape index (κ2) is 8.70. The molecule has 0 radical (unpaired) electrons. The van der Waals surface area contributed by atoms with Crippen molar-refractivity contribution in [1.29, 1.82) is 0 Å². The van der Waals surface area contributed by atoms with E-state index < -0.39 is 11.7 Å². The number of fused-ring (bicyclic) bond motifs is 8. The van der Waals surface area contributed by atoms with Crippen LogP contribution in [-0.4, -0.2) is 4.57 Å². The fraction of sp³-hybridized carbons (Fsp3) is 0.0833. The molecule has 0 aliphatic rings. The van der Waals surface area contributed by atoms with Gasteiger partial charge in [0.05, 0.1) is 27.5 Å². The number of aromatic nitrogens is 2. The molecule has 6 heteroatoms. The largest absolute Gasteiger partial charge is 0.454 e. The third-order valence-electron chi connectivity index (χ3n) is 8.36. The van der Waals surface area contributed by atoms with Crippen molar-refractivity contribution < 1.29 is 22.2 Å². The quantitative estimate of drug-likeness (QED) is 0.194. The van der Waals surface area contributed by atoms with Gasteiger partial charge in [0.25, 0.3) is 0 Å². The van der Waals surface area contributed by atoms with Gasteiger partial charge >= 0.3 is 6.18 Å². The lowest BCUT2D eigenvalue weighted by Gasteiger charge is -2.09. The van der Waals surface area contributed by atoms with Gasteiger partial charge in [-0.1, -0.05) is 60.7 Å². The van der Waals surface area contributed by atoms with Crippen LogP contribution < -0.4 is 4.57 Å². The zero-order valence-electron chi connectivity index (χ0n) is 22.8. The Labute approximate surface area is 238 Å². The number of halogens is 3. The van der Waals surface area contributed by atoms with E-state index in [1.54, 1.807) is 0 Å². The molecule has 0 atom stereocenters. The summed E-state index contributed by atoms with van der Waals surface area (Å²) >= 11 is 0. The van der Waals surface area contributed by atoms with Crippen LogP contribution in [0.4, 0.5) is 13.2 Å². The van der Waals surface area contributed by atoms with Gasteiger partial charge in [0, 0.05) is 33.3 Å². The highest BCUT2D eigenvalue weighted by molar-refractivity contribution is 6.17. The minimum atomic E-state index is -4.44. The normalized spacial score (nSPS) is 12.4. The van der Waals surface area contributed by atoms with Crippen LogP contribution in [0.15, 0.2) is 114 Å². The van der Waals surface area contributed by atoms with Gasteiger partial charge in [-0.05, 0) is 54.3 Å². The van der Waals surface area contributed by atoms with E-state index in [0.29, 0.717) is 21.9 Å². The molecule has 3 heterocycles. The number of hydrogen-bond acceptors (Lipinski definition) is 1. The maximum absolute atomic E-state index is 13.6. The summed E-state index contributed by atoms with van der Waals surface area (Å²) in [7, 11) is 2.02. The molecule has 0 bridgehead atoms. The Bertz CT molecular complexity index is 2360. The Hall–Kier alpha value is -5.10. The Morgan fingerprint density at radius 1 is 0.667 bits per heavy atom. The van der Waals surface area contributed by atoms with Crippen molar-refractivity contribution in [3.05, 3.63) is 120 Å². The van der Waals surface area contributed by atoms with Gasteiger partial charge in [-0.3, -0.25) is 0 Å². The van der Waals surface area contributed by atoms with E-state index in [9.17, 15) is 13.2 Å². The predicted octanol–water partition coefficient (Wildman–Crippen LogP) is 9.66. The van der Waals surface area contributed by atoms with Crippen molar-refractivity contribution in [2.24, 2.45) is 7.05 Å². The molecule has 3 nitrogen and oxygen atoms in total. The third-order valence-corrected chi connectivity index (χ3v) is 8.36. The molecule has 0 amide bonds. The van der Waals surface area contributed by atoms with Gasteiger partial charge < -0.3 is 8.98 Å². The fourth-order valence-electron chi connectivity index (χ4n) is 6.37. The number of benzene rings is 5. The fourth-order valence-corrected chi connectivity index (χ4v) is 6.37. The summed E-state index contributed by atoms with van der Waals surface area (Å²) in [6.45, 7) is 2.04. The number of alkyl halides is 3. The lowest BCUT2D eigenvalue weighted by molar-refractivity contribution is -0.659. The molecule has 0 N–H and O–H groups in total. The van der Waals surface area contributed by atoms with E-state index in [1.165, 1.54) is 12.1 Å². The van der Waals surface area contributed by atoms with E-state index in [0.717, 1.165) is 61.2 Å². The molecule has 8 rings (SSSR count). The number of para-hydroxylation sites is 2. The molecular weight excluding hydrogens is 533 g/mol. The summed E-state index contributed by atoms with van der Waals surface area (Å²) in [5.74, 6) is 0. The molecular formula is C36H24F3N2O+. The first-order valence-electron chi connectivity index (χ1n) is 13.7. The number of aryl methyl sites for hydroxylation is 2.